The molecule has 2 unspecified atom stereocenters. The van der Waals surface area contributed by atoms with Crippen molar-refractivity contribution in [2.75, 3.05) is 6.54 Å². The van der Waals surface area contributed by atoms with Crippen LogP contribution in [-0.4, -0.2) is 29.0 Å². The minimum Gasteiger partial charge on any atom is -0.300 e. The van der Waals surface area contributed by atoms with Gasteiger partial charge in [-0.1, -0.05) is 13.8 Å². The quantitative estimate of drug-likeness (QED) is 0.536. The van der Waals surface area contributed by atoms with Crippen LogP contribution in [0.2, 0.25) is 0 Å². The van der Waals surface area contributed by atoms with Gasteiger partial charge in [0.05, 0.1) is 11.8 Å². The summed E-state index contributed by atoms with van der Waals surface area (Å²) < 4.78 is 0. The number of piperidine rings is 1. The van der Waals surface area contributed by atoms with E-state index in [1.54, 1.807) is 6.92 Å². The molecule has 0 aromatic heterocycles. The van der Waals surface area contributed by atoms with Crippen molar-refractivity contribution in [3.05, 3.63) is 0 Å². The van der Waals surface area contributed by atoms with Gasteiger partial charge in [-0.3, -0.25) is 14.5 Å². The molecule has 1 saturated carbocycles. The maximum atomic E-state index is 11.9. The van der Waals surface area contributed by atoms with E-state index in [1.807, 2.05) is 13.8 Å². The Kier molecular flexibility index (Phi) is 2.84. The third-order valence-electron chi connectivity index (χ3n) is 4.05. The van der Waals surface area contributed by atoms with Gasteiger partial charge in [0.25, 0.3) is 0 Å². The predicted molar refractivity (Wildman–Crippen MR) is 62.0 cm³/mol. The third-order valence-corrected chi connectivity index (χ3v) is 4.05. The van der Waals surface area contributed by atoms with Crippen LogP contribution >= 0.6 is 0 Å². The standard InChI is InChI=1S/C13H19NO3/c1-8(15)6-4-5-7-14-11(16)9-10(12(14)17)13(9,2)3/h9-10H,4-7H2,1-3H3. The second-order valence-electron chi connectivity index (χ2n) is 5.76. The van der Waals surface area contributed by atoms with Gasteiger partial charge in [0, 0.05) is 13.0 Å². The van der Waals surface area contributed by atoms with Gasteiger partial charge >= 0.3 is 0 Å². The van der Waals surface area contributed by atoms with Gasteiger partial charge in [-0.25, -0.2) is 0 Å². The van der Waals surface area contributed by atoms with Crippen molar-refractivity contribution in [1.82, 2.24) is 4.90 Å². The van der Waals surface area contributed by atoms with Crippen molar-refractivity contribution < 1.29 is 14.4 Å². The number of unbranched alkanes of at least 4 members (excludes halogenated alkanes) is 1. The molecule has 1 saturated heterocycles. The van der Waals surface area contributed by atoms with Gasteiger partial charge in [0.2, 0.25) is 11.8 Å². The first-order chi connectivity index (χ1) is 7.87. The van der Waals surface area contributed by atoms with Gasteiger partial charge in [0.15, 0.2) is 0 Å². The van der Waals surface area contributed by atoms with Gasteiger partial charge in [-0.05, 0) is 25.2 Å². The minimum absolute atomic E-state index is 0.00664. The molecular formula is C13H19NO3. The number of carbonyl (C=O) groups excluding carboxylic acids is 3. The number of ketones is 1. The zero-order valence-electron chi connectivity index (χ0n) is 10.7. The average molecular weight is 237 g/mol. The molecule has 0 radical (unpaired) electrons. The minimum atomic E-state index is -0.121. The van der Waals surface area contributed by atoms with E-state index in [0.717, 1.165) is 12.8 Å². The highest BCUT2D eigenvalue weighted by Gasteiger charge is 2.72. The van der Waals surface area contributed by atoms with E-state index in [0.29, 0.717) is 13.0 Å². The molecule has 2 amide bonds. The molecule has 0 aromatic carbocycles. The molecule has 0 aromatic rings. The van der Waals surface area contributed by atoms with Gasteiger partial charge in [0.1, 0.15) is 5.78 Å². The van der Waals surface area contributed by atoms with Crippen molar-refractivity contribution >= 4 is 17.6 Å². The molecule has 2 rings (SSSR count). The summed E-state index contributed by atoms with van der Waals surface area (Å²) in [5.41, 5.74) is -0.121. The van der Waals surface area contributed by atoms with Gasteiger partial charge < -0.3 is 4.79 Å². The summed E-state index contributed by atoms with van der Waals surface area (Å²) in [7, 11) is 0. The Morgan fingerprint density at radius 2 is 1.71 bits per heavy atom. The average Bonchev–Trinajstić information content (AvgIpc) is 2.68. The fourth-order valence-corrected chi connectivity index (χ4v) is 2.87. The second kappa shape index (κ2) is 3.93. The number of Topliss-reactive ketones (excluding diaryl/α,β-unsaturated/α-hetero) is 1. The van der Waals surface area contributed by atoms with E-state index >= 15 is 0 Å². The van der Waals surface area contributed by atoms with E-state index in [1.165, 1.54) is 4.90 Å². The SMILES string of the molecule is CC(=O)CCCCN1C(=O)C2C(C1=O)C2(C)C. The van der Waals surface area contributed by atoms with Crippen LogP contribution in [-0.2, 0) is 14.4 Å². The Hall–Kier alpha value is -1.19. The zero-order valence-corrected chi connectivity index (χ0v) is 10.7. The lowest BCUT2D eigenvalue weighted by Gasteiger charge is -2.20. The smallest absolute Gasteiger partial charge is 0.233 e. The summed E-state index contributed by atoms with van der Waals surface area (Å²) in [6, 6.07) is 0. The summed E-state index contributed by atoms with van der Waals surface area (Å²) in [4.78, 5) is 36.0. The largest absolute Gasteiger partial charge is 0.300 e. The van der Waals surface area contributed by atoms with Crippen molar-refractivity contribution in [2.45, 2.75) is 40.0 Å². The third kappa shape index (κ3) is 1.90. The maximum absolute atomic E-state index is 11.9. The van der Waals surface area contributed by atoms with Crippen LogP contribution in [0.15, 0.2) is 0 Å². The summed E-state index contributed by atoms with van der Waals surface area (Å²) >= 11 is 0. The van der Waals surface area contributed by atoms with Crippen molar-refractivity contribution in [2.24, 2.45) is 17.3 Å². The van der Waals surface area contributed by atoms with Crippen LogP contribution in [0.5, 0.6) is 0 Å². The monoisotopic (exact) mass is 237 g/mol. The van der Waals surface area contributed by atoms with Gasteiger partial charge in [-0.2, -0.15) is 0 Å². The molecule has 1 aliphatic carbocycles. The predicted octanol–water partition coefficient (Wildman–Crippen LogP) is 1.39. The number of amides is 2. The first-order valence-corrected chi connectivity index (χ1v) is 6.22. The van der Waals surface area contributed by atoms with E-state index in [-0.39, 0.29) is 34.8 Å². The van der Waals surface area contributed by atoms with E-state index < -0.39 is 0 Å². The topological polar surface area (TPSA) is 54.5 Å². The van der Waals surface area contributed by atoms with Crippen molar-refractivity contribution in [3.8, 4) is 0 Å². The number of carbonyl (C=O) groups is 3. The summed E-state index contributed by atoms with van der Waals surface area (Å²) in [5.74, 6) is -0.0145. The lowest BCUT2D eigenvalue weighted by Crippen LogP contribution is -2.36. The number of imide groups is 1. The number of hydrogen-bond donors (Lipinski definition) is 0. The fourth-order valence-electron chi connectivity index (χ4n) is 2.87. The highest BCUT2D eigenvalue weighted by atomic mass is 16.2. The molecule has 2 atom stereocenters. The van der Waals surface area contributed by atoms with Crippen LogP contribution in [0, 0.1) is 17.3 Å². The molecular weight excluding hydrogens is 218 g/mol. The number of hydrogen-bond acceptors (Lipinski definition) is 3. The van der Waals surface area contributed by atoms with Crippen molar-refractivity contribution in [3.63, 3.8) is 0 Å². The second-order valence-corrected chi connectivity index (χ2v) is 5.76. The molecule has 4 heteroatoms. The Balaban J connectivity index is 1.83. The molecule has 0 N–H and O–H groups in total. The number of likely N-dealkylation sites (tertiary alicyclic amines) is 1. The molecule has 0 bridgehead atoms. The zero-order chi connectivity index (χ0) is 12.8. The molecule has 1 aliphatic heterocycles. The lowest BCUT2D eigenvalue weighted by molar-refractivity contribution is -0.143. The lowest BCUT2D eigenvalue weighted by atomic mass is 10.1. The number of rotatable bonds is 5. The molecule has 4 nitrogen and oxygen atoms in total. The first-order valence-electron chi connectivity index (χ1n) is 6.22. The van der Waals surface area contributed by atoms with Gasteiger partial charge in [-0.15, -0.1) is 0 Å². The number of fused-ring (bicyclic) bond motifs is 1. The summed E-state index contributed by atoms with van der Waals surface area (Å²) in [6.45, 7) is 5.99. The molecule has 0 spiro atoms. The normalized spacial score (nSPS) is 29.5. The van der Waals surface area contributed by atoms with Crippen LogP contribution < -0.4 is 0 Å². The number of nitrogens with zero attached hydrogens (tertiary/aromatic N) is 1. The van der Waals surface area contributed by atoms with E-state index in [2.05, 4.69) is 0 Å². The first kappa shape index (κ1) is 12.3. The Morgan fingerprint density at radius 1 is 1.18 bits per heavy atom. The van der Waals surface area contributed by atoms with Crippen LogP contribution in [0.1, 0.15) is 40.0 Å². The molecule has 17 heavy (non-hydrogen) atoms. The Labute approximate surface area is 101 Å². The highest BCUT2D eigenvalue weighted by Crippen LogP contribution is 2.63. The highest BCUT2D eigenvalue weighted by molar-refractivity contribution is 6.10. The molecule has 2 aliphatic rings. The van der Waals surface area contributed by atoms with E-state index in [4.69, 9.17) is 0 Å². The molecule has 2 fully saturated rings. The summed E-state index contributed by atoms with van der Waals surface area (Å²) in [6.07, 6.45) is 2.02. The maximum Gasteiger partial charge on any atom is 0.233 e. The fraction of sp³-hybridized carbons (Fsp3) is 0.769. The Bertz CT molecular complexity index is 362. The molecule has 1 heterocycles. The van der Waals surface area contributed by atoms with E-state index in [9.17, 15) is 14.4 Å². The Morgan fingerprint density at radius 3 is 2.18 bits per heavy atom. The summed E-state index contributed by atoms with van der Waals surface area (Å²) in [5, 5.41) is 0. The van der Waals surface area contributed by atoms with Crippen LogP contribution in [0.4, 0.5) is 0 Å². The van der Waals surface area contributed by atoms with Crippen LogP contribution in [0.3, 0.4) is 0 Å². The van der Waals surface area contributed by atoms with Crippen LogP contribution in [0.25, 0.3) is 0 Å². The molecule has 94 valence electrons. The van der Waals surface area contributed by atoms with Crippen molar-refractivity contribution in [1.29, 1.82) is 0 Å².